The lowest BCUT2D eigenvalue weighted by Gasteiger charge is -2.07. The van der Waals surface area contributed by atoms with Crippen LogP contribution in [0.4, 0.5) is 4.39 Å². The molecule has 0 bridgehead atoms. The molecular weight excluding hydrogens is 317 g/mol. The van der Waals surface area contributed by atoms with Gasteiger partial charge in [-0.2, -0.15) is 0 Å². The van der Waals surface area contributed by atoms with Gasteiger partial charge in [0.1, 0.15) is 10.8 Å². The molecule has 0 unspecified atom stereocenters. The maximum Gasteiger partial charge on any atom is 0.137 e. The highest BCUT2D eigenvalue weighted by Crippen LogP contribution is 2.30. The van der Waals surface area contributed by atoms with Gasteiger partial charge in [0.15, 0.2) is 0 Å². The predicted octanol–water partition coefficient (Wildman–Crippen LogP) is 4.19. The molecule has 0 fully saturated rings. The number of aromatic nitrogens is 1. The summed E-state index contributed by atoms with van der Waals surface area (Å²) < 4.78 is 14.7. The standard InChI is InChI=1S/C13H11BrFNOS/c1-8(17)9-2-4-12(11(15)6-9)18-13-5-3-10(14)7-16-13/h2-8,17H,1H3/t8-/m0/s1. The molecule has 1 aromatic heterocycles. The zero-order valence-electron chi connectivity index (χ0n) is 9.60. The largest absolute Gasteiger partial charge is 0.389 e. The van der Waals surface area contributed by atoms with E-state index in [1.165, 1.54) is 17.8 Å². The van der Waals surface area contributed by atoms with Gasteiger partial charge >= 0.3 is 0 Å². The third-order valence-corrected chi connectivity index (χ3v) is 3.82. The third kappa shape index (κ3) is 3.31. The van der Waals surface area contributed by atoms with E-state index in [-0.39, 0.29) is 5.82 Å². The van der Waals surface area contributed by atoms with Gasteiger partial charge in [0.25, 0.3) is 0 Å². The molecule has 18 heavy (non-hydrogen) atoms. The summed E-state index contributed by atoms with van der Waals surface area (Å²) in [6.45, 7) is 1.61. The lowest BCUT2D eigenvalue weighted by molar-refractivity contribution is 0.198. The average Bonchev–Trinajstić information content (AvgIpc) is 2.34. The fraction of sp³-hybridized carbons (Fsp3) is 0.154. The van der Waals surface area contributed by atoms with Gasteiger partial charge in [0, 0.05) is 15.6 Å². The fourth-order valence-electron chi connectivity index (χ4n) is 1.40. The van der Waals surface area contributed by atoms with Crippen molar-refractivity contribution in [2.45, 2.75) is 22.9 Å². The molecule has 2 rings (SSSR count). The highest BCUT2D eigenvalue weighted by molar-refractivity contribution is 9.10. The van der Waals surface area contributed by atoms with E-state index in [1.807, 2.05) is 12.1 Å². The van der Waals surface area contributed by atoms with Crippen molar-refractivity contribution in [2.24, 2.45) is 0 Å². The van der Waals surface area contributed by atoms with Crippen LogP contribution in [-0.2, 0) is 0 Å². The second-order valence-corrected chi connectivity index (χ2v) is 5.76. The van der Waals surface area contributed by atoms with Crippen LogP contribution in [0.2, 0.25) is 0 Å². The van der Waals surface area contributed by atoms with Crippen LogP contribution in [0.1, 0.15) is 18.6 Å². The summed E-state index contributed by atoms with van der Waals surface area (Å²) in [7, 11) is 0. The molecule has 2 nitrogen and oxygen atoms in total. The number of aliphatic hydroxyl groups is 1. The molecule has 2 aromatic rings. The molecular formula is C13H11BrFNOS. The van der Waals surface area contributed by atoms with Crippen LogP contribution in [0.25, 0.3) is 0 Å². The van der Waals surface area contributed by atoms with Crippen LogP contribution >= 0.6 is 27.7 Å². The monoisotopic (exact) mass is 327 g/mol. The summed E-state index contributed by atoms with van der Waals surface area (Å²) in [6.07, 6.45) is 1.01. The Kier molecular flexibility index (Phi) is 4.37. The molecule has 0 radical (unpaired) electrons. The fourth-order valence-corrected chi connectivity index (χ4v) is 2.39. The van der Waals surface area contributed by atoms with Crippen LogP contribution in [0, 0.1) is 5.82 Å². The Hall–Kier alpha value is -0.910. The van der Waals surface area contributed by atoms with Crippen LogP contribution in [0.15, 0.2) is 50.9 Å². The van der Waals surface area contributed by atoms with Gasteiger partial charge in [-0.25, -0.2) is 9.37 Å². The van der Waals surface area contributed by atoms with Crippen molar-refractivity contribution in [2.75, 3.05) is 0 Å². The van der Waals surface area contributed by atoms with Crippen LogP contribution in [0.5, 0.6) is 0 Å². The number of hydrogen-bond donors (Lipinski definition) is 1. The van der Waals surface area contributed by atoms with Crippen molar-refractivity contribution in [3.8, 4) is 0 Å². The first-order valence-corrected chi connectivity index (χ1v) is 6.94. The SMILES string of the molecule is C[C@H](O)c1ccc(Sc2ccc(Br)cn2)c(F)c1. The number of pyridine rings is 1. The van der Waals surface area contributed by atoms with E-state index in [2.05, 4.69) is 20.9 Å². The molecule has 1 heterocycles. The van der Waals surface area contributed by atoms with Crippen LogP contribution in [-0.4, -0.2) is 10.1 Å². The Balaban J connectivity index is 2.22. The minimum absolute atomic E-state index is 0.344. The topological polar surface area (TPSA) is 33.1 Å². The first-order valence-electron chi connectivity index (χ1n) is 5.33. The second-order valence-electron chi connectivity index (χ2n) is 3.78. The Morgan fingerprint density at radius 1 is 1.33 bits per heavy atom. The van der Waals surface area contributed by atoms with Crippen molar-refractivity contribution in [3.05, 3.63) is 52.4 Å². The molecule has 0 saturated carbocycles. The highest BCUT2D eigenvalue weighted by atomic mass is 79.9. The van der Waals surface area contributed by atoms with Gasteiger partial charge in [0.2, 0.25) is 0 Å². The Morgan fingerprint density at radius 3 is 2.67 bits per heavy atom. The highest BCUT2D eigenvalue weighted by Gasteiger charge is 2.08. The Morgan fingerprint density at radius 2 is 2.11 bits per heavy atom. The number of halogens is 2. The van der Waals surface area contributed by atoms with Crippen LogP contribution in [0.3, 0.4) is 0 Å². The molecule has 0 aliphatic heterocycles. The zero-order chi connectivity index (χ0) is 13.1. The molecule has 1 N–H and O–H groups in total. The third-order valence-electron chi connectivity index (χ3n) is 2.35. The summed E-state index contributed by atoms with van der Waals surface area (Å²) in [4.78, 5) is 4.67. The van der Waals surface area contributed by atoms with E-state index < -0.39 is 6.10 Å². The van der Waals surface area contributed by atoms with Gasteiger partial charge in [0.05, 0.1) is 6.10 Å². The maximum absolute atomic E-state index is 13.8. The maximum atomic E-state index is 13.8. The van der Waals surface area contributed by atoms with Crippen molar-refractivity contribution < 1.29 is 9.50 Å². The molecule has 0 aliphatic rings. The summed E-state index contributed by atoms with van der Waals surface area (Å²) in [5, 5.41) is 10.1. The average molecular weight is 328 g/mol. The van der Waals surface area contributed by atoms with Gasteiger partial charge in [-0.15, -0.1) is 0 Å². The molecule has 0 aliphatic carbocycles. The van der Waals surface area contributed by atoms with Crippen molar-refractivity contribution in [1.29, 1.82) is 0 Å². The minimum Gasteiger partial charge on any atom is -0.389 e. The second kappa shape index (κ2) is 5.82. The molecule has 0 spiro atoms. The number of benzene rings is 1. The van der Waals surface area contributed by atoms with E-state index in [9.17, 15) is 9.50 Å². The van der Waals surface area contributed by atoms with E-state index in [4.69, 9.17) is 0 Å². The summed E-state index contributed by atoms with van der Waals surface area (Å²) in [5.41, 5.74) is 0.570. The quantitative estimate of drug-likeness (QED) is 0.917. The lowest BCUT2D eigenvalue weighted by Crippen LogP contribution is -1.93. The normalized spacial score (nSPS) is 12.4. The summed E-state index contributed by atoms with van der Waals surface area (Å²) in [5.74, 6) is -0.344. The predicted molar refractivity (Wildman–Crippen MR) is 73.1 cm³/mol. The number of aliphatic hydroxyl groups excluding tert-OH is 1. The van der Waals surface area contributed by atoms with Gasteiger partial charge < -0.3 is 5.11 Å². The van der Waals surface area contributed by atoms with E-state index in [0.717, 1.165) is 9.50 Å². The number of nitrogens with zero attached hydrogens (tertiary/aromatic N) is 1. The minimum atomic E-state index is -0.663. The Labute approximate surface area is 117 Å². The van der Waals surface area contributed by atoms with Crippen molar-refractivity contribution in [1.82, 2.24) is 4.98 Å². The molecule has 1 atom stereocenters. The van der Waals surface area contributed by atoms with Crippen molar-refractivity contribution in [3.63, 3.8) is 0 Å². The smallest absolute Gasteiger partial charge is 0.137 e. The van der Waals surface area contributed by atoms with Crippen LogP contribution < -0.4 is 0 Å². The summed E-state index contributed by atoms with van der Waals surface area (Å²) >= 11 is 4.55. The lowest BCUT2D eigenvalue weighted by atomic mass is 10.1. The first kappa shape index (κ1) is 13.5. The van der Waals surface area contributed by atoms with E-state index in [1.54, 1.807) is 25.3 Å². The van der Waals surface area contributed by atoms with E-state index >= 15 is 0 Å². The molecule has 0 amide bonds. The Bertz CT molecular complexity index is 545. The van der Waals surface area contributed by atoms with Gasteiger partial charge in [-0.1, -0.05) is 17.8 Å². The molecule has 94 valence electrons. The zero-order valence-corrected chi connectivity index (χ0v) is 12.0. The first-order chi connectivity index (χ1) is 8.56. The van der Waals surface area contributed by atoms with E-state index in [0.29, 0.717) is 10.5 Å². The number of hydrogen-bond acceptors (Lipinski definition) is 3. The molecule has 1 aromatic carbocycles. The molecule has 0 saturated heterocycles. The summed E-state index contributed by atoms with van der Waals surface area (Å²) in [6, 6.07) is 8.40. The molecule has 5 heteroatoms. The van der Waals surface area contributed by atoms with Gasteiger partial charge in [-0.05, 0) is 52.7 Å². The van der Waals surface area contributed by atoms with Crippen molar-refractivity contribution >= 4 is 27.7 Å². The number of rotatable bonds is 3. The van der Waals surface area contributed by atoms with Gasteiger partial charge in [-0.3, -0.25) is 0 Å².